The number of hydrogen-bond acceptors (Lipinski definition) is 1. The molecular weight excluding hydrogens is 264 g/mol. The summed E-state index contributed by atoms with van der Waals surface area (Å²) in [6, 6.07) is 2.24. The second kappa shape index (κ2) is 4.06. The van der Waals surface area contributed by atoms with Crippen LogP contribution in [0.15, 0.2) is 17.0 Å². The van der Waals surface area contributed by atoms with E-state index in [1.807, 2.05) is 6.20 Å². The number of H-pyrrole nitrogens is 1. The lowest BCUT2D eigenvalue weighted by molar-refractivity contribution is 1.21. The summed E-state index contributed by atoms with van der Waals surface area (Å²) in [7, 11) is 0. The van der Waals surface area contributed by atoms with Gasteiger partial charge in [-0.3, -0.25) is 0 Å². The van der Waals surface area contributed by atoms with E-state index in [0.717, 1.165) is 10.4 Å². The van der Waals surface area contributed by atoms with Gasteiger partial charge < -0.3 is 4.98 Å². The van der Waals surface area contributed by atoms with Crippen LogP contribution in [0.2, 0.25) is 0 Å². The van der Waals surface area contributed by atoms with Crippen LogP contribution in [0, 0.1) is 27.7 Å². The Balaban J connectivity index is 2.73. The Morgan fingerprint density at radius 2 is 1.62 bits per heavy atom. The van der Waals surface area contributed by atoms with Crippen LogP contribution in [0.1, 0.15) is 22.3 Å². The van der Waals surface area contributed by atoms with Crippen molar-refractivity contribution in [3.63, 3.8) is 0 Å². The molecule has 0 fully saturated rings. The van der Waals surface area contributed by atoms with Gasteiger partial charge in [0.15, 0.2) is 4.73 Å². The number of imidazole rings is 1. The molecule has 1 heterocycles. The zero-order valence-corrected chi connectivity index (χ0v) is 11.6. The average Bonchev–Trinajstić information content (AvgIpc) is 2.62. The quantitative estimate of drug-likeness (QED) is 0.837. The van der Waals surface area contributed by atoms with Gasteiger partial charge in [-0.25, -0.2) is 4.98 Å². The number of rotatable bonds is 1. The molecule has 0 unspecified atom stereocenters. The molecule has 0 amide bonds. The second-order valence-corrected chi connectivity index (χ2v) is 4.97. The Morgan fingerprint density at radius 3 is 2.06 bits per heavy atom. The number of aryl methyl sites for hydroxylation is 2. The van der Waals surface area contributed by atoms with E-state index in [1.165, 1.54) is 27.8 Å². The van der Waals surface area contributed by atoms with Gasteiger partial charge in [0.1, 0.15) is 0 Å². The molecule has 0 saturated heterocycles. The van der Waals surface area contributed by atoms with Crippen molar-refractivity contribution in [3.8, 4) is 11.3 Å². The van der Waals surface area contributed by atoms with Crippen LogP contribution < -0.4 is 0 Å². The first-order valence-electron chi connectivity index (χ1n) is 5.29. The molecule has 0 aliphatic rings. The first-order valence-corrected chi connectivity index (χ1v) is 6.08. The maximum Gasteiger partial charge on any atom is 0.174 e. The molecule has 1 N–H and O–H groups in total. The maximum atomic E-state index is 4.20. The zero-order valence-electron chi connectivity index (χ0n) is 9.98. The van der Waals surface area contributed by atoms with E-state index in [4.69, 9.17) is 0 Å². The monoisotopic (exact) mass is 278 g/mol. The molecule has 2 nitrogen and oxygen atoms in total. The van der Waals surface area contributed by atoms with Crippen LogP contribution >= 0.6 is 15.9 Å². The molecule has 2 aromatic rings. The predicted octanol–water partition coefficient (Wildman–Crippen LogP) is 4.07. The van der Waals surface area contributed by atoms with Crippen LogP contribution in [0.5, 0.6) is 0 Å². The Bertz CT molecular complexity index is 515. The Morgan fingerprint density at radius 1 is 1.06 bits per heavy atom. The molecule has 0 atom stereocenters. The molecule has 1 aromatic carbocycles. The first-order chi connectivity index (χ1) is 7.50. The summed E-state index contributed by atoms with van der Waals surface area (Å²) in [6.07, 6.45) is 1.87. The first kappa shape index (κ1) is 11.4. The lowest BCUT2D eigenvalue weighted by Crippen LogP contribution is -1.95. The van der Waals surface area contributed by atoms with Gasteiger partial charge in [0.2, 0.25) is 0 Å². The summed E-state index contributed by atoms with van der Waals surface area (Å²) in [5, 5.41) is 0. The van der Waals surface area contributed by atoms with E-state index < -0.39 is 0 Å². The smallest absolute Gasteiger partial charge is 0.174 e. The van der Waals surface area contributed by atoms with Crippen LogP contribution in [0.4, 0.5) is 0 Å². The fourth-order valence-corrected chi connectivity index (χ4v) is 2.36. The van der Waals surface area contributed by atoms with Gasteiger partial charge in [-0.05, 0) is 65.9 Å². The molecule has 0 bridgehead atoms. The van der Waals surface area contributed by atoms with Crippen LogP contribution in [-0.4, -0.2) is 9.97 Å². The Hall–Kier alpha value is -1.09. The predicted molar refractivity (Wildman–Crippen MR) is 70.7 cm³/mol. The summed E-state index contributed by atoms with van der Waals surface area (Å²) >= 11 is 3.35. The van der Waals surface area contributed by atoms with Crippen molar-refractivity contribution >= 4 is 15.9 Å². The highest BCUT2D eigenvalue weighted by molar-refractivity contribution is 9.10. The highest BCUT2D eigenvalue weighted by Gasteiger charge is 2.12. The molecular formula is C13H15BrN2. The minimum atomic E-state index is 0.778. The fraction of sp³-hybridized carbons (Fsp3) is 0.308. The number of aromatic nitrogens is 2. The van der Waals surface area contributed by atoms with Gasteiger partial charge in [0.05, 0.1) is 11.9 Å². The van der Waals surface area contributed by atoms with Crippen molar-refractivity contribution in [1.82, 2.24) is 9.97 Å². The molecule has 0 aliphatic heterocycles. The average molecular weight is 279 g/mol. The molecule has 0 spiro atoms. The molecule has 1 aromatic heterocycles. The van der Waals surface area contributed by atoms with Gasteiger partial charge in [-0.2, -0.15) is 0 Å². The molecule has 0 saturated carbocycles. The van der Waals surface area contributed by atoms with Crippen molar-refractivity contribution < 1.29 is 0 Å². The third kappa shape index (κ3) is 1.80. The van der Waals surface area contributed by atoms with Gasteiger partial charge >= 0.3 is 0 Å². The van der Waals surface area contributed by atoms with E-state index in [9.17, 15) is 0 Å². The summed E-state index contributed by atoms with van der Waals surface area (Å²) in [4.78, 5) is 7.43. The largest absolute Gasteiger partial charge is 0.333 e. The number of nitrogens with zero attached hydrogens (tertiary/aromatic N) is 1. The number of nitrogens with one attached hydrogen (secondary N) is 1. The Kier molecular flexibility index (Phi) is 2.89. The van der Waals surface area contributed by atoms with E-state index in [-0.39, 0.29) is 0 Å². The number of halogens is 1. The van der Waals surface area contributed by atoms with E-state index >= 15 is 0 Å². The van der Waals surface area contributed by atoms with Crippen molar-refractivity contribution in [2.24, 2.45) is 0 Å². The van der Waals surface area contributed by atoms with Gasteiger partial charge in [0.25, 0.3) is 0 Å². The van der Waals surface area contributed by atoms with Crippen LogP contribution in [-0.2, 0) is 0 Å². The lowest BCUT2D eigenvalue weighted by Gasteiger charge is -2.13. The van der Waals surface area contributed by atoms with Crippen molar-refractivity contribution in [2.45, 2.75) is 27.7 Å². The molecule has 16 heavy (non-hydrogen) atoms. The second-order valence-electron chi connectivity index (χ2n) is 4.22. The summed E-state index contributed by atoms with van der Waals surface area (Å²) in [5.74, 6) is 0. The number of benzene rings is 1. The van der Waals surface area contributed by atoms with Crippen LogP contribution in [0.3, 0.4) is 0 Å². The molecule has 0 radical (unpaired) electrons. The van der Waals surface area contributed by atoms with Crippen molar-refractivity contribution in [3.05, 3.63) is 39.3 Å². The highest BCUT2D eigenvalue weighted by atomic mass is 79.9. The molecule has 0 aliphatic carbocycles. The molecule has 84 valence electrons. The van der Waals surface area contributed by atoms with Gasteiger partial charge in [-0.15, -0.1) is 0 Å². The van der Waals surface area contributed by atoms with E-state index in [2.05, 4.69) is 59.7 Å². The third-order valence-electron chi connectivity index (χ3n) is 3.18. The van der Waals surface area contributed by atoms with Gasteiger partial charge in [-0.1, -0.05) is 6.07 Å². The van der Waals surface area contributed by atoms with Crippen LogP contribution in [0.25, 0.3) is 11.3 Å². The zero-order chi connectivity index (χ0) is 11.9. The molecule has 3 heteroatoms. The lowest BCUT2D eigenvalue weighted by atomic mass is 9.93. The number of aromatic amines is 1. The maximum absolute atomic E-state index is 4.20. The third-order valence-corrected chi connectivity index (χ3v) is 3.58. The standard InChI is InChI=1S/C13H15BrN2/c1-7-5-8(2)10(4)12(9(7)3)11-6-15-13(14)16-11/h5-6H,1-4H3,(H,15,16). The van der Waals surface area contributed by atoms with Crippen molar-refractivity contribution in [2.75, 3.05) is 0 Å². The van der Waals surface area contributed by atoms with Crippen molar-refractivity contribution in [1.29, 1.82) is 0 Å². The highest BCUT2D eigenvalue weighted by Crippen LogP contribution is 2.30. The van der Waals surface area contributed by atoms with E-state index in [0.29, 0.717) is 0 Å². The van der Waals surface area contributed by atoms with E-state index in [1.54, 1.807) is 0 Å². The normalized spacial score (nSPS) is 10.8. The summed E-state index contributed by atoms with van der Waals surface area (Å²) in [6.45, 7) is 8.62. The topological polar surface area (TPSA) is 28.7 Å². The Labute approximate surface area is 104 Å². The summed E-state index contributed by atoms with van der Waals surface area (Å²) in [5.41, 5.74) is 7.63. The summed E-state index contributed by atoms with van der Waals surface area (Å²) < 4.78 is 0.778. The minimum Gasteiger partial charge on any atom is -0.333 e. The van der Waals surface area contributed by atoms with Gasteiger partial charge in [0, 0.05) is 5.56 Å². The molecule has 2 rings (SSSR count). The fourth-order valence-electron chi connectivity index (χ4n) is 2.04. The SMILES string of the molecule is Cc1cc(C)c(C)c(-c2cnc(Br)[nH]2)c1C. The minimum absolute atomic E-state index is 0.778. The number of hydrogen-bond donors (Lipinski definition) is 1.